The van der Waals surface area contributed by atoms with Gasteiger partial charge in [0.1, 0.15) is 24.1 Å². The van der Waals surface area contributed by atoms with Gasteiger partial charge in [0.25, 0.3) is 0 Å². The van der Waals surface area contributed by atoms with Crippen molar-refractivity contribution in [3.8, 4) is 12.3 Å². The number of rotatable bonds is 2. The number of aromatic nitrogens is 2. The molecular weight excluding hydrogens is 254 g/mol. The van der Waals surface area contributed by atoms with Crippen LogP contribution < -0.4 is 11.4 Å². The molecule has 102 valence electrons. The van der Waals surface area contributed by atoms with Gasteiger partial charge in [0.2, 0.25) is 0 Å². The van der Waals surface area contributed by atoms with Gasteiger partial charge in [0.05, 0.1) is 12.2 Å². The van der Waals surface area contributed by atoms with Crippen LogP contribution in [0.3, 0.4) is 0 Å². The lowest BCUT2D eigenvalue weighted by Crippen LogP contribution is -2.36. The summed E-state index contributed by atoms with van der Waals surface area (Å²) in [7, 11) is 0. The Kier molecular flexibility index (Phi) is 3.55. The normalized spacial score (nSPS) is 30.2. The van der Waals surface area contributed by atoms with E-state index >= 15 is 0 Å². The minimum absolute atomic E-state index is 0.101. The minimum Gasteiger partial charge on any atom is -0.394 e. The molecule has 8 nitrogen and oxygen atoms in total. The van der Waals surface area contributed by atoms with Gasteiger partial charge < -0.3 is 25.8 Å². The van der Waals surface area contributed by atoms with Crippen molar-refractivity contribution in [1.29, 1.82) is 0 Å². The van der Waals surface area contributed by atoms with Crippen molar-refractivity contribution in [1.82, 2.24) is 9.55 Å². The van der Waals surface area contributed by atoms with Gasteiger partial charge in [-0.2, -0.15) is 4.98 Å². The molecule has 1 fully saturated rings. The summed E-state index contributed by atoms with van der Waals surface area (Å²) in [6.45, 7) is -0.492. The summed E-state index contributed by atoms with van der Waals surface area (Å²) >= 11 is 0. The Bertz CT molecular complexity index is 579. The Morgan fingerprint density at radius 1 is 1.53 bits per heavy atom. The standard InChI is InChI=1S/C11H13N3O5/c1-2-5-3-14(11(18)13-9(5)12)10-8(17)7(16)6(4-15)19-10/h1,3,6-8,10,15-17H,4H2,(H2,12,13,18)/t6-,7?,8?,10-/m1/s1. The third-order valence-corrected chi connectivity index (χ3v) is 2.93. The van der Waals surface area contributed by atoms with Crippen LogP contribution in [0.5, 0.6) is 0 Å². The van der Waals surface area contributed by atoms with Crippen LogP contribution in [0.2, 0.25) is 0 Å². The van der Waals surface area contributed by atoms with Gasteiger partial charge in [-0.25, -0.2) is 4.79 Å². The van der Waals surface area contributed by atoms with E-state index in [4.69, 9.17) is 22.0 Å². The fourth-order valence-corrected chi connectivity index (χ4v) is 1.88. The molecule has 0 spiro atoms. The van der Waals surface area contributed by atoms with Crippen LogP contribution in [0.25, 0.3) is 0 Å². The van der Waals surface area contributed by atoms with E-state index in [0.29, 0.717) is 0 Å². The van der Waals surface area contributed by atoms with Crippen molar-refractivity contribution in [2.75, 3.05) is 12.3 Å². The second-order valence-electron chi connectivity index (χ2n) is 4.10. The quantitative estimate of drug-likeness (QED) is 0.433. The average molecular weight is 267 g/mol. The number of ether oxygens (including phenoxy) is 1. The molecule has 0 saturated carbocycles. The number of aliphatic hydroxyl groups excluding tert-OH is 3. The maximum atomic E-state index is 11.7. The molecule has 2 heterocycles. The largest absolute Gasteiger partial charge is 0.394 e. The highest BCUT2D eigenvalue weighted by Gasteiger charge is 2.43. The second-order valence-corrected chi connectivity index (χ2v) is 4.10. The molecule has 2 rings (SSSR count). The molecule has 0 amide bonds. The van der Waals surface area contributed by atoms with Crippen molar-refractivity contribution in [3.05, 3.63) is 22.2 Å². The molecule has 1 aromatic heterocycles. The first-order valence-electron chi connectivity index (χ1n) is 5.47. The number of anilines is 1. The van der Waals surface area contributed by atoms with E-state index < -0.39 is 36.8 Å². The molecule has 0 aromatic carbocycles. The fourth-order valence-electron chi connectivity index (χ4n) is 1.88. The monoisotopic (exact) mass is 267 g/mol. The van der Waals surface area contributed by atoms with Gasteiger partial charge in [0.15, 0.2) is 6.23 Å². The summed E-state index contributed by atoms with van der Waals surface area (Å²) < 4.78 is 6.14. The molecule has 8 heteroatoms. The summed E-state index contributed by atoms with van der Waals surface area (Å²) in [5.41, 5.74) is 4.85. The van der Waals surface area contributed by atoms with Gasteiger partial charge in [0, 0.05) is 6.20 Å². The molecule has 1 aromatic rings. The molecule has 1 aliphatic heterocycles. The topological polar surface area (TPSA) is 131 Å². The zero-order valence-corrected chi connectivity index (χ0v) is 9.80. The van der Waals surface area contributed by atoms with Crippen LogP contribution in [0.15, 0.2) is 11.0 Å². The lowest BCUT2D eigenvalue weighted by molar-refractivity contribution is -0.0549. The highest BCUT2D eigenvalue weighted by atomic mass is 16.6. The van der Waals surface area contributed by atoms with E-state index in [1.165, 1.54) is 6.20 Å². The number of terminal acetylenes is 1. The van der Waals surface area contributed by atoms with Crippen LogP contribution in [-0.2, 0) is 4.74 Å². The van der Waals surface area contributed by atoms with Gasteiger partial charge in [-0.15, -0.1) is 6.42 Å². The number of nitrogens with zero attached hydrogens (tertiary/aromatic N) is 2. The Morgan fingerprint density at radius 3 is 2.74 bits per heavy atom. The van der Waals surface area contributed by atoms with E-state index in [2.05, 4.69) is 10.9 Å². The lowest BCUT2D eigenvalue weighted by atomic mass is 10.1. The number of hydrogen-bond acceptors (Lipinski definition) is 7. The van der Waals surface area contributed by atoms with E-state index in [9.17, 15) is 15.0 Å². The third kappa shape index (κ3) is 2.20. The van der Waals surface area contributed by atoms with Crippen molar-refractivity contribution in [2.45, 2.75) is 24.5 Å². The first kappa shape index (κ1) is 13.5. The summed E-state index contributed by atoms with van der Waals surface area (Å²) in [6, 6.07) is 0. The summed E-state index contributed by atoms with van der Waals surface area (Å²) in [4.78, 5) is 15.2. The summed E-state index contributed by atoms with van der Waals surface area (Å²) in [6.07, 6.45) is 1.56. The third-order valence-electron chi connectivity index (χ3n) is 2.93. The van der Waals surface area contributed by atoms with Crippen molar-refractivity contribution < 1.29 is 20.1 Å². The highest BCUT2D eigenvalue weighted by molar-refractivity contribution is 5.47. The predicted molar refractivity (Wildman–Crippen MR) is 63.9 cm³/mol. The molecule has 1 aliphatic rings. The zero-order chi connectivity index (χ0) is 14.2. The van der Waals surface area contributed by atoms with E-state index in [0.717, 1.165) is 4.57 Å². The van der Waals surface area contributed by atoms with Crippen molar-refractivity contribution in [3.63, 3.8) is 0 Å². The summed E-state index contributed by atoms with van der Waals surface area (Å²) in [5, 5.41) is 28.4. The van der Waals surface area contributed by atoms with E-state index in [1.807, 2.05) is 0 Å². The smallest absolute Gasteiger partial charge is 0.351 e. The molecule has 5 N–H and O–H groups in total. The van der Waals surface area contributed by atoms with Gasteiger partial charge in [-0.1, -0.05) is 5.92 Å². The van der Waals surface area contributed by atoms with Gasteiger partial charge >= 0.3 is 5.69 Å². The van der Waals surface area contributed by atoms with E-state index in [1.54, 1.807) is 0 Å². The highest BCUT2D eigenvalue weighted by Crippen LogP contribution is 2.28. The number of hydrogen-bond donors (Lipinski definition) is 4. The Balaban J connectivity index is 2.44. The molecule has 19 heavy (non-hydrogen) atoms. The number of nitrogens with two attached hydrogens (primary N) is 1. The van der Waals surface area contributed by atoms with Crippen molar-refractivity contribution >= 4 is 5.82 Å². The average Bonchev–Trinajstić information content (AvgIpc) is 2.67. The first-order valence-corrected chi connectivity index (χ1v) is 5.47. The Labute approximate surface area is 108 Å². The first-order chi connectivity index (χ1) is 8.99. The second kappa shape index (κ2) is 4.99. The van der Waals surface area contributed by atoms with Gasteiger partial charge in [-0.3, -0.25) is 4.57 Å². The van der Waals surface area contributed by atoms with Crippen LogP contribution in [-0.4, -0.2) is 49.8 Å². The lowest BCUT2D eigenvalue weighted by Gasteiger charge is -2.17. The van der Waals surface area contributed by atoms with Crippen LogP contribution in [0.1, 0.15) is 11.8 Å². The zero-order valence-electron chi connectivity index (χ0n) is 9.80. The predicted octanol–water partition coefficient (Wildman–Crippen LogP) is -2.58. The van der Waals surface area contributed by atoms with Crippen molar-refractivity contribution in [2.24, 2.45) is 0 Å². The maximum absolute atomic E-state index is 11.7. The van der Waals surface area contributed by atoms with Crippen LogP contribution in [0.4, 0.5) is 5.82 Å². The van der Waals surface area contributed by atoms with Crippen LogP contribution in [0, 0.1) is 12.3 Å². The molecule has 4 atom stereocenters. The number of aliphatic hydroxyl groups is 3. The van der Waals surface area contributed by atoms with Gasteiger partial charge in [-0.05, 0) is 0 Å². The molecule has 0 radical (unpaired) electrons. The minimum atomic E-state index is -1.38. The maximum Gasteiger partial charge on any atom is 0.351 e. The molecule has 2 unspecified atom stereocenters. The Morgan fingerprint density at radius 2 is 2.21 bits per heavy atom. The Hall–Kier alpha value is -1.92. The summed E-state index contributed by atoms with van der Waals surface area (Å²) in [5.74, 6) is 2.14. The van der Waals surface area contributed by atoms with Crippen LogP contribution >= 0.6 is 0 Å². The molecular formula is C11H13N3O5. The number of nitrogen functional groups attached to an aromatic ring is 1. The fraction of sp³-hybridized carbons (Fsp3) is 0.455. The molecule has 0 bridgehead atoms. The molecule has 0 aliphatic carbocycles. The van der Waals surface area contributed by atoms with E-state index in [-0.39, 0.29) is 11.4 Å². The molecule has 1 saturated heterocycles. The SMILES string of the molecule is C#Cc1cn([C@@H]2O[C@H](CO)C(O)C2O)c(=O)nc1N.